The van der Waals surface area contributed by atoms with Crippen molar-refractivity contribution in [3.8, 4) is 0 Å². The number of rotatable bonds is 3. The highest BCUT2D eigenvalue weighted by Crippen LogP contribution is 2.26. The van der Waals surface area contributed by atoms with Gasteiger partial charge in [-0.05, 0) is 39.7 Å². The van der Waals surface area contributed by atoms with Crippen LogP contribution >= 0.6 is 0 Å². The van der Waals surface area contributed by atoms with Crippen molar-refractivity contribution in [3.63, 3.8) is 0 Å². The zero-order valence-corrected chi connectivity index (χ0v) is 13.1. The summed E-state index contributed by atoms with van der Waals surface area (Å²) in [6.45, 7) is 10.9. The van der Waals surface area contributed by atoms with E-state index in [2.05, 4.69) is 21.7 Å². The topological polar surface area (TPSA) is 32.5 Å². The molecule has 0 N–H and O–H groups in total. The van der Waals surface area contributed by atoms with Gasteiger partial charge in [-0.2, -0.15) is 0 Å². The summed E-state index contributed by atoms with van der Waals surface area (Å²) >= 11 is 0. The van der Waals surface area contributed by atoms with Gasteiger partial charge in [-0.25, -0.2) is 4.98 Å². The van der Waals surface area contributed by atoms with Gasteiger partial charge in [0.2, 0.25) is 5.89 Å². The van der Waals surface area contributed by atoms with Crippen LogP contribution in [0.4, 0.5) is 0 Å². The second-order valence-corrected chi connectivity index (χ2v) is 6.39. The van der Waals surface area contributed by atoms with E-state index in [1.54, 1.807) is 0 Å². The van der Waals surface area contributed by atoms with Gasteiger partial charge in [-0.1, -0.05) is 13.3 Å². The number of piperidine rings is 1. The van der Waals surface area contributed by atoms with Crippen LogP contribution in [0, 0.1) is 13.8 Å². The van der Waals surface area contributed by atoms with E-state index in [1.165, 1.54) is 45.3 Å². The summed E-state index contributed by atoms with van der Waals surface area (Å²) in [5.41, 5.74) is 1.03. The molecule has 2 unspecified atom stereocenters. The number of nitrogens with zero attached hydrogens (tertiary/aromatic N) is 3. The first-order chi connectivity index (χ1) is 9.67. The highest BCUT2D eigenvalue weighted by atomic mass is 16.4. The lowest BCUT2D eigenvalue weighted by Crippen LogP contribution is -2.58. The van der Waals surface area contributed by atoms with Crippen molar-refractivity contribution in [1.82, 2.24) is 14.8 Å². The number of piperazine rings is 1. The average Bonchev–Trinajstić information content (AvgIpc) is 2.76. The van der Waals surface area contributed by atoms with Crippen LogP contribution < -0.4 is 0 Å². The van der Waals surface area contributed by atoms with E-state index in [-0.39, 0.29) is 0 Å². The lowest BCUT2D eigenvalue weighted by molar-refractivity contribution is -0.000580. The second kappa shape index (κ2) is 5.86. The normalized spacial score (nSPS) is 28.6. The zero-order valence-electron chi connectivity index (χ0n) is 13.1. The van der Waals surface area contributed by atoms with Crippen LogP contribution in [0.3, 0.4) is 0 Å². The fourth-order valence-corrected chi connectivity index (χ4v) is 3.67. The Morgan fingerprint density at radius 2 is 2.10 bits per heavy atom. The molecule has 2 aliphatic heterocycles. The van der Waals surface area contributed by atoms with E-state index in [0.29, 0.717) is 6.04 Å². The van der Waals surface area contributed by atoms with Gasteiger partial charge < -0.3 is 4.42 Å². The lowest BCUT2D eigenvalue weighted by Gasteiger charge is -2.48. The predicted octanol–water partition coefficient (Wildman–Crippen LogP) is 2.74. The molecular formula is C16H27N3O. The van der Waals surface area contributed by atoms with Crippen molar-refractivity contribution in [2.45, 2.75) is 65.1 Å². The standard InChI is InChI=1S/C16H27N3O/c1-4-14-9-18-8-6-5-7-15(18)10-19(14)11-16-17-12(2)13(3)20-16/h14-15H,4-11H2,1-3H3. The molecule has 20 heavy (non-hydrogen) atoms. The number of oxazole rings is 1. The number of aromatic nitrogens is 1. The first-order valence-electron chi connectivity index (χ1n) is 8.08. The molecule has 3 rings (SSSR count). The third kappa shape index (κ3) is 2.77. The van der Waals surface area contributed by atoms with Crippen molar-refractivity contribution in [2.75, 3.05) is 19.6 Å². The van der Waals surface area contributed by atoms with Crippen LogP contribution in [0.25, 0.3) is 0 Å². The van der Waals surface area contributed by atoms with E-state index in [0.717, 1.165) is 29.9 Å². The molecule has 3 heterocycles. The number of hydrogen-bond acceptors (Lipinski definition) is 4. The van der Waals surface area contributed by atoms with Gasteiger partial charge in [-0.3, -0.25) is 9.80 Å². The Morgan fingerprint density at radius 3 is 2.80 bits per heavy atom. The van der Waals surface area contributed by atoms with E-state index >= 15 is 0 Å². The van der Waals surface area contributed by atoms with Crippen LogP contribution in [0.5, 0.6) is 0 Å². The summed E-state index contributed by atoms with van der Waals surface area (Å²) in [4.78, 5) is 9.86. The molecule has 4 heteroatoms. The quantitative estimate of drug-likeness (QED) is 0.850. The Morgan fingerprint density at radius 1 is 1.25 bits per heavy atom. The predicted molar refractivity (Wildman–Crippen MR) is 79.7 cm³/mol. The minimum atomic E-state index is 0.650. The Kier molecular flexibility index (Phi) is 4.13. The van der Waals surface area contributed by atoms with Crippen molar-refractivity contribution < 1.29 is 4.42 Å². The zero-order chi connectivity index (χ0) is 14.1. The van der Waals surface area contributed by atoms with Crippen molar-refractivity contribution >= 4 is 0 Å². The maximum Gasteiger partial charge on any atom is 0.208 e. The van der Waals surface area contributed by atoms with Gasteiger partial charge in [0.05, 0.1) is 12.2 Å². The van der Waals surface area contributed by atoms with Crippen molar-refractivity contribution in [2.24, 2.45) is 0 Å². The maximum atomic E-state index is 5.78. The SMILES string of the molecule is CCC1CN2CCCCC2CN1Cc1nc(C)c(C)o1. The fraction of sp³-hybridized carbons (Fsp3) is 0.812. The van der Waals surface area contributed by atoms with Crippen LogP contribution in [-0.4, -0.2) is 46.5 Å². The van der Waals surface area contributed by atoms with Gasteiger partial charge in [0.25, 0.3) is 0 Å². The molecule has 2 aliphatic rings. The molecule has 0 bridgehead atoms. The molecule has 0 aliphatic carbocycles. The first kappa shape index (κ1) is 14.1. The molecule has 0 spiro atoms. The van der Waals surface area contributed by atoms with Gasteiger partial charge in [0, 0.05) is 25.2 Å². The third-order valence-corrected chi connectivity index (χ3v) is 5.04. The molecule has 0 saturated carbocycles. The summed E-state index contributed by atoms with van der Waals surface area (Å²) in [5.74, 6) is 1.85. The fourth-order valence-electron chi connectivity index (χ4n) is 3.67. The smallest absolute Gasteiger partial charge is 0.208 e. The Bertz CT molecular complexity index is 437. The van der Waals surface area contributed by atoms with Gasteiger partial charge >= 0.3 is 0 Å². The van der Waals surface area contributed by atoms with E-state index in [1.807, 2.05) is 13.8 Å². The highest BCUT2D eigenvalue weighted by molar-refractivity contribution is 5.05. The van der Waals surface area contributed by atoms with E-state index in [9.17, 15) is 0 Å². The second-order valence-electron chi connectivity index (χ2n) is 6.39. The Hall–Kier alpha value is -0.870. The molecular weight excluding hydrogens is 250 g/mol. The summed E-state index contributed by atoms with van der Waals surface area (Å²) in [7, 11) is 0. The molecule has 0 aromatic carbocycles. The average molecular weight is 277 g/mol. The number of fused-ring (bicyclic) bond motifs is 1. The van der Waals surface area contributed by atoms with Crippen LogP contribution in [0.15, 0.2) is 4.42 Å². The molecule has 112 valence electrons. The summed E-state index contributed by atoms with van der Waals surface area (Å²) < 4.78 is 5.78. The minimum absolute atomic E-state index is 0.650. The summed E-state index contributed by atoms with van der Waals surface area (Å²) in [6, 6.07) is 1.40. The molecule has 4 nitrogen and oxygen atoms in total. The van der Waals surface area contributed by atoms with Crippen LogP contribution in [-0.2, 0) is 6.54 Å². The van der Waals surface area contributed by atoms with Gasteiger partial charge in [0.1, 0.15) is 5.76 Å². The molecule has 2 saturated heterocycles. The van der Waals surface area contributed by atoms with Crippen LogP contribution in [0.1, 0.15) is 50.0 Å². The Labute approximate surface area is 122 Å². The van der Waals surface area contributed by atoms with E-state index < -0.39 is 0 Å². The number of aryl methyl sites for hydroxylation is 2. The third-order valence-electron chi connectivity index (χ3n) is 5.04. The Balaban J connectivity index is 1.70. The van der Waals surface area contributed by atoms with Gasteiger partial charge in [0.15, 0.2) is 0 Å². The molecule has 2 atom stereocenters. The monoisotopic (exact) mass is 277 g/mol. The first-order valence-corrected chi connectivity index (χ1v) is 8.08. The molecule has 2 fully saturated rings. The van der Waals surface area contributed by atoms with E-state index in [4.69, 9.17) is 4.42 Å². The molecule has 1 aromatic heterocycles. The highest BCUT2D eigenvalue weighted by Gasteiger charge is 2.34. The maximum absolute atomic E-state index is 5.78. The largest absolute Gasteiger partial charge is 0.444 e. The summed E-state index contributed by atoms with van der Waals surface area (Å²) in [5, 5.41) is 0. The summed E-state index contributed by atoms with van der Waals surface area (Å²) in [6.07, 6.45) is 5.34. The number of hydrogen-bond donors (Lipinski definition) is 0. The van der Waals surface area contributed by atoms with Crippen LogP contribution in [0.2, 0.25) is 0 Å². The lowest BCUT2D eigenvalue weighted by atomic mass is 9.96. The van der Waals surface area contributed by atoms with Crippen molar-refractivity contribution in [1.29, 1.82) is 0 Å². The molecule has 0 radical (unpaired) electrons. The van der Waals surface area contributed by atoms with Crippen molar-refractivity contribution in [3.05, 3.63) is 17.3 Å². The van der Waals surface area contributed by atoms with Gasteiger partial charge in [-0.15, -0.1) is 0 Å². The molecule has 1 aromatic rings. The molecule has 0 amide bonds. The minimum Gasteiger partial charge on any atom is -0.444 e.